The molecule has 3 amide bonds. The van der Waals surface area contributed by atoms with Crippen LogP contribution in [0.3, 0.4) is 0 Å². The van der Waals surface area contributed by atoms with Gasteiger partial charge >= 0.3 is 0 Å². The third-order valence-corrected chi connectivity index (χ3v) is 5.98. The molecule has 1 heterocycles. The number of carbonyl (C=O) groups is 3. The van der Waals surface area contributed by atoms with E-state index >= 15 is 0 Å². The standard InChI is InChI=1S/C24H24N2O3/c1-14-4-11-20-21(12-14)24(29)26(23(20)28)19-9-6-17(7-10-19)22(27)25-18-8-5-15(2)16(3)13-18/h4-10,13,20-21H,11-12H2,1-3H3,(H,25,27)/t20-,21-/m1/s1. The SMILES string of the molecule is CC1=CC[C@H]2C(=O)N(c3ccc(C(=O)Nc4ccc(C)c(C)c4)cc3)C(=O)[C@@H]2C1. The Morgan fingerprint density at radius 2 is 1.62 bits per heavy atom. The minimum atomic E-state index is -0.265. The summed E-state index contributed by atoms with van der Waals surface area (Å²) in [6.45, 7) is 6.02. The van der Waals surface area contributed by atoms with Crippen LogP contribution in [0.1, 0.15) is 41.3 Å². The molecule has 2 atom stereocenters. The maximum Gasteiger partial charge on any atom is 0.255 e. The Balaban J connectivity index is 1.50. The van der Waals surface area contributed by atoms with Crippen molar-refractivity contribution in [1.29, 1.82) is 0 Å². The first-order valence-corrected chi connectivity index (χ1v) is 9.87. The van der Waals surface area contributed by atoms with Gasteiger partial charge in [-0.05, 0) is 81.1 Å². The number of carbonyl (C=O) groups excluding carboxylic acids is 3. The number of hydrogen-bond acceptors (Lipinski definition) is 3. The molecule has 1 N–H and O–H groups in total. The highest BCUT2D eigenvalue weighted by Gasteiger charge is 2.48. The van der Waals surface area contributed by atoms with Crippen molar-refractivity contribution in [3.8, 4) is 0 Å². The molecule has 2 aliphatic rings. The monoisotopic (exact) mass is 388 g/mol. The predicted octanol–water partition coefficient (Wildman–Crippen LogP) is 4.40. The first-order chi connectivity index (χ1) is 13.8. The summed E-state index contributed by atoms with van der Waals surface area (Å²) in [6.07, 6.45) is 3.31. The quantitative estimate of drug-likeness (QED) is 0.626. The largest absolute Gasteiger partial charge is 0.322 e. The highest BCUT2D eigenvalue weighted by atomic mass is 16.2. The number of nitrogens with zero attached hydrogens (tertiary/aromatic N) is 1. The van der Waals surface area contributed by atoms with Gasteiger partial charge < -0.3 is 5.32 Å². The summed E-state index contributed by atoms with van der Waals surface area (Å²) < 4.78 is 0. The number of amides is 3. The molecule has 5 nitrogen and oxygen atoms in total. The Morgan fingerprint density at radius 3 is 2.31 bits per heavy atom. The number of benzene rings is 2. The van der Waals surface area contributed by atoms with Crippen molar-refractivity contribution in [2.45, 2.75) is 33.6 Å². The fraction of sp³-hybridized carbons (Fsp3) is 0.292. The second-order valence-electron chi connectivity index (χ2n) is 8.02. The number of imide groups is 1. The van der Waals surface area contributed by atoms with Gasteiger partial charge in [0, 0.05) is 11.3 Å². The maximum absolute atomic E-state index is 12.8. The molecule has 0 saturated carbocycles. The number of nitrogens with one attached hydrogen (secondary N) is 1. The normalized spacial score (nSPS) is 21.1. The van der Waals surface area contributed by atoms with Crippen molar-refractivity contribution >= 4 is 29.1 Å². The molecule has 1 aliphatic heterocycles. The van der Waals surface area contributed by atoms with E-state index in [-0.39, 0.29) is 29.6 Å². The zero-order valence-electron chi connectivity index (χ0n) is 16.9. The molecular weight excluding hydrogens is 364 g/mol. The van der Waals surface area contributed by atoms with Crippen LogP contribution in [0.25, 0.3) is 0 Å². The molecule has 0 spiro atoms. The van der Waals surface area contributed by atoms with Crippen LogP contribution in [0.2, 0.25) is 0 Å². The van der Waals surface area contributed by atoms with E-state index in [0.717, 1.165) is 16.8 Å². The van der Waals surface area contributed by atoms with Crippen molar-refractivity contribution in [3.05, 3.63) is 70.8 Å². The van der Waals surface area contributed by atoms with Crippen LogP contribution < -0.4 is 10.2 Å². The van der Waals surface area contributed by atoms with E-state index < -0.39 is 0 Å². The van der Waals surface area contributed by atoms with Gasteiger partial charge in [-0.15, -0.1) is 0 Å². The van der Waals surface area contributed by atoms with Gasteiger partial charge in [-0.25, -0.2) is 0 Å². The number of fused-ring (bicyclic) bond motifs is 1. The van der Waals surface area contributed by atoms with Gasteiger partial charge in [-0.3, -0.25) is 19.3 Å². The average Bonchev–Trinajstić information content (AvgIpc) is 2.94. The molecule has 148 valence electrons. The first-order valence-electron chi connectivity index (χ1n) is 9.87. The van der Waals surface area contributed by atoms with E-state index in [9.17, 15) is 14.4 Å². The smallest absolute Gasteiger partial charge is 0.255 e. The predicted molar refractivity (Wildman–Crippen MR) is 113 cm³/mol. The average molecular weight is 388 g/mol. The molecular formula is C24H24N2O3. The topological polar surface area (TPSA) is 66.5 Å². The van der Waals surface area contributed by atoms with Crippen molar-refractivity contribution < 1.29 is 14.4 Å². The summed E-state index contributed by atoms with van der Waals surface area (Å²) in [5, 5.41) is 2.89. The maximum atomic E-state index is 12.8. The molecule has 0 aromatic heterocycles. The van der Waals surface area contributed by atoms with Crippen LogP contribution in [0.15, 0.2) is 54.1 Å². The van der Waals surface area contributed by atoms with E-state index in [1.165, 1.54) is 10.5 Å². The van der Waals surface area contributed by atoms with Crippen molar-refractivity contribution in [3.63, 3.8) is 0 Å². The number of anilines is 2. The number of aryl methyl sites for hydroxylation is 2. The Labute approximate surface area is 170 Å². The van der Waals surface area contributed by atoms with E-state index in [0.29, 0.717) is 24.1 Å². The van der Waals surface area contributed by atoms with Gasteiger partial charge in [0.25, 0.3) is 5.91 Å². The van der Waals surface area contributed by atoms with Crippen molar-refractivity contribution in [1.82, 2.24) is 0 Å². The minimum absolute atomic E-state index is 0.139. The molecule has 1 fully saturated rings. The van der Waals surface area contributed by atoms with Gasteiger partial charge in [-0.2, -0.15) is 0 Å². The Morgan fingerprint density at radius 1 is 0.931 bits per heavy atom. The number of rotatable bonds is 3. The third-order valence-electron chi connectivity index (χ3n) is 5.98. The van der Waals surface area contributed by atoms with Gasteiger partial charge in [0.15, 0.2) is 0 Å². The number of hydrogen-bond donors (Lipinski definition) is 1. The molecule has 1 saturated heterocycles. The second kappa shape index (κ2) is 7.32. The number of allylic oxidation sites excluding steroid dienone is 2. The van der Waals surface area contributed by atoms with Gasteiger partial charge in [0.2, 0.25) is 11.8 Å². The second-order valence-corrected chi connectivity index (χ2v) is 8.02. The highest BCUT2D eigenvalue weighted by Crippen LogP contribution is 2.39. The lowest BCUT2D eigenvalue weighted by atomic mass is 9.82. The molecule has 4 rings (SSSR count). The van der Waals surface area contributed by atoms with E-state index in [1.807, 2.05) is 39.0 Å². The lowest BCUT2D eigenvalue weighted by molar-refractivity contribution is -0.122. The van der Waals surface area contributed by atoms with Crippen LogP contribution >= 0.6 is 0 Å². The molecule has 0 radical (unpaired) electrons. The molecule has 1 aliphatic carbocycles. The lowest BCUT2D eigenvalue weighted by Gasteiger charge is -2.18. The fourth-order valence-electron chi connectivity index (χ4n) is 4.08. The fourth-order valence-corrected chi connectivity index (χ4v) is 4.08. The van der Waals surface area contributed by atoms with Gasteiger partial charge in [-0.1, -0.05) is 17.7 Å². The van der Waals surface area contributed by atoms with Crippen molar-refractivity contribution in [2.75, 3.05) is 10.2 Å². The molecule has 29 heavy (non-hydrogen) atoms. The minimum Gasteiger partial charge on any atom is -0.322 e. The Hall–Kier alpha value is -3.21. The summed E-state index contributed by atoms with van der Waals surface area (Å²) in [6, 6.07) is 12.4. The van der Waals surface area contributed by atoms with Crippen LogP contribution in [0, 0.1) is 25.7 Å². The molecule has 0 unspecified atom stereocenters. The zero-order chi connectivity index (χ0) is 20.7. The molecule has 5 heteroatoms. The Kier molecular flexibility index (Phi) is 4.82. The van der Waals surface area contributed by atoms with Crippen LogP contribution in [0.5, 0.6) is 0 Å². The lowest BCUT2D eigenvalue weighted by Crippen LogP contribution is -2.30. The van der Waals surface area contributed by atoms with E-state index in [4.69, 9.17) is 0 Å². The van der Waals surface area contributed by atoms with Gasteiger partial charge in [0.1, 0.15) is 0 Å². The summed E-state index contributed by atoms with van der Waals surface area (Å²) >= 11 is 0. The molecule has 2 aromatic rings. The summed E-state index contributed by atoms with van der Waals surface area (Å²) in [5.41, 5.74) is 5.16. The summed E-state index contributed by atoms with van der Waals surface area (Å²) in [7, 11) is 0. The van der Waals surface area contributed by atoms with Crippen LogP contribution in [-0.2, 0) is 9.59 Å². The van der Waals surface area contributed by atoms with Crippen molar-refractivity contribution in [2.24, 2.45) is 11.8 Å². The molecule has 2 aromatic carbocycles. The Bertz CT molecular complexity index is 1040. The van der Waals surface area contributed by atoms with Crippen LogP contribution in [-0.4, -0.2) is 17.7 Å². The zero-order valence-corrected chi connectivity index (χ0v) is 16.9. The summed E-state index contributed by atoms with van der Waals surface area (Å²) in [5.74, 6) is -1.04. The van der Waals surface area contributed by atoms with Crippen LogP contribution in [0.4, 0.5) is 11.4 Å². The van der Waals surface area contributed by atoms with Gasteiger partial charge in [0.05, 0.1) is 17.5 Å². The van der Waals surface area contributed by atoms with E-state index in [1.54, 1.807) is 24.3 Å². The first kappa shape index (κ1) is 19.1. The summed E-state index contributed by atoms with van der Waals surface area (Å²) in [4.78, 5) is 39.4. The molecule has 0 bridgehead atoms. The van der Waals surface area contributed by atoms with E-state index in [2.05, 4.69) is 11.4 Å². The third kappa shape index (κ3) is 3.48. The highest BCUT2D eigenvalue weighted by molar-refractivity contribution is 6.22.